The van der Waals surface area contributed by atoms with Crippen molar-refractivity contribution < 1.29 is 28.6 Å². The molecular weight excluding hydrogens is 471 g/mol. The number of nitrogens with one attached hydrogen (secondary N) is 1. The molecule has 7 nitrogen and oxygen atoms in total. The minimum Gasteiger partial charge on any atom is -0.494 e. The molecule has 0 radical (unpaired) electrons. The van der Waals surface area contributed by atoms with Gasteiger partial charge in [0.25, 0.3) is 5.91 Å². The first-order valence-corrected chi connectivity index (χ1v) is 10.1. The predicted molar refractivity (Wildman–Crippen MR) is 116 cm³/mol. The Bertz CT molecular complexity index is 1190. The van der Waals surface area contributed by atoms with E-state index in [1.165, 1.54) is 30.7 Å². The van der Waals surface area contributed by atoms with Gasteiger partial charge in [0.15, 0.2) is 11.6 Å². The fourth-order valence-corrected chi connectivity index (χ4v) is 3.62. The molecule has 3 aromatic rings. The van der Waals surface area contributed by atoms with Crippen molar-refractivity contribution in [3.8, 4) is 5.75 Å². The van der Waals surface area contributed by atoms with Crippen LogP contribution >= 0.6 is 15.9 Å². The summed E-state index contributed by atoms with van der Waals surface area (Å²) in [6.07, 6.45) is -0.185. The number of hydrogen-bond acceptors (Lipinski definition) is 4. The Labute approximate surface area is 185 Å². The second kappa shape index (κ2) is 8.89. The fourth-order valence-electron chi connectivity index (χ4n) is 3.36. The van der Waals surface area contributed by atoms with Crippen molar-refractivity contribution in [2.45, 2.75) is 26.3 Å². The Morgan fingerprint density at radius 1 is 1.23 bits per heavy atom. The van der Waals surface area contributed by atoms with Crippen LogP contribution in [-0.4, -0.2) is 40.6 Å². The van der Waals surface area contributed by atoms with Gasteiger partial charge in [0.1, 0.15) is 6.04 Å². The topological polar surface area (TPSA) is 97.6 Å². The highest BCUT2D eigenvalue weighted by atomic mass is 79.9. The number of benzene rings is 2. The number of aliphatic carboxylic acids is 1. The molecule has 0 bridgehead atoms. The summed E-state index contributed by atoms with van der Waals surface area (Å²) < 4.78 is 21.7. The van der Waals surface area contributed by atoms with Gasteiger partial charge in [-0.25, -0.2) is 4.39 Å². The molecule has 9 heteroatoms. The van der Waals surface area contributed by atoms with E-state index in [9.17, 15) is 18.8 Å². The first-order chi connectivity index (χ1) is 14.6. The van der Waals surface area contributed by atoms with E-state index >= 15 is 0 Å². The van der Waals surface area contributed by atoms with Crippen LogP contribution in [0.1, 0.15) is 28.5 Å². The summed E-state index contributed by atoms with van der Waals surface area (Å²) in [5.41, 5.74) is 1.61. The fraction of sp³-hybridized carbons (Fsp3) is 0.227. The first kappa shape index (κ1) is 22.5. The number of carboxylic acids is 1. The van der Waals surface area contributed by atoms with Crippen molar-refractivity contribution in [2.24, 2.45) is 0 Å². The van der Waals surface area contributed by atoms with E-state index in [-0.39, 0.29) is 23.6 Å². The molecule has 0 fully saturated rings. The van der Waals surface area contributed by atoms with E-state index in [0.717, 1.165) is 4.47 Å². The quantitative estimate of drug-likeness (QED) is 0.549. The molecular formula is C22H20BrFN2O5. The number of methoxy groups -OCH3 is 1. The normalized spacial score (nSPS) is 11.9. The molecule has 0 spiro atoms. The second-order valence-corrected chi connectivity index (χ2v) is 7.94. The molecule has 0 saturated carbocycles. The van der Waals surface area contributed by atoms with Crippen molar-refractivity contribution >= 4 is 44.6 Å². The summed E-state index contributed by atoms with van der Waals surface area (Å²) in [5, 5.41) is 11.9. The van der Waals surface area contributed by atoms with Gasteiger partial charge in [-0.1, -0.05) is 15.9 Å². The van der Waals surface area contributed by atoms with E-state index in [4.69, 9.17) is 9.84 Å². The zero-order valence-electron chi connectivity index (χ0n) is 17.0. The van der Waals surface area contributed by atoms with Gasteiger partial charge in [0, 0.05) is 27.2 Å². The average Bonchev–Trinajstić information content (AvgIpc) is 2.97. The molecule has 2 aromatic carbocycles. The molecule has 1 amide bonds. The minimum absolute atomic E-state index is 0.0266. The SMILES string of the molecule is COc1cc2c(CC(=O)NC(C)C(=O)O)c(C)n(C(=O)c3ccc(Br)cc3)c2cc1F. The van der Waals surface area contributed by atoms with Gasteiger partial charge in [-0.2, -0.15) is 0 Å². The van der Waals surface area contributed by atoms with E-state index < -0.39 is 23.7 Å². The monoisotopic (exact) mass is 490 g/mol. The van der Waals surface area contributed by atoms with Crippen LogP contribution in [0.4, 0.5) is 4.39 Å². The number of halogens is 2. The van der Waals surface area contributed by atoms with Crippen LogP contribution in [0.3, 0.4) is 0 Å². The third kappa shape index (κ3) is 4.46. The minimum atomic E-state index is -1.17. The molecule has 0 aliphatic heterocycles. The Balaban J connectivity index is 2.14. The average molecular weight is 491 g/mol. The standard InChI is InChI=1S/C22H20BrFN2O5/c1-11(22(29)30)25-20(27)9-15-12(2)26(21(28)13-4-6-14(23)7-5-13)18-10-17(24)19(31-3)8-16(15)18/h4-8,10-11H,9H2,1-3H3,(H,25,27)(H,29,30). The smallest absolute Gasteiger partial charge is 0.325 e. The van der Waals surface area contributed by atoms with E-state index in [2.05, 4.69) is 21.2 Å². The summed E-state index contributed by atoms with van der Waals surface area (Å²) >= 11 is 3.32. The lowest BCUT2D eigenvalue weighted by molar-refractivity contribution is -0.141. The van der Waals surface area contributed by atoms with Crippen LogP contribution in [0.25, 0.3) is 10.9 Å². The number of ether oxygens (including phenoxy) is 1. The number of carbonyl (C=O) groups is 3. The third-order valence-electron chi connectivity index (χ3n) is 4.99. The van der Waals surface area contributed by atoms with Gasteiger partial charge >= 0.3 is 5.97 Å². The number of carbonyl (C=O) groups excluding carboxylic acids is 2. The maximum atomic E-state index is 14.5. The Morgan fingerprint density at radius 3 is 2.45 bits per heavy atom. The van der Waals surface area contributed by atoms with Gasteiger partial charge in [-0.05, 0) is 49.7 Å². The highest BCUT2D eigenvalue weighted by Crippen LogP contribution is 2.32. The van der Waals surface area contributed by atoms with E-state index in [1.54, 1.807) is 31.2 Å². The third-order valence-corrected chi connectivity index (χ3v) is 5.52. The largest absolute Gasteiger partial charge is 0.494 e. The van der Waals surface area contributed by atoms with Crippen LogP contribution in [0.15, 0.2) is 40.9 Å². The molecule has 1 heterocycles. The van der Waals surface area contributed by atoms with Gasteiger partial charge in [-0.15, -0.1) is 0 Å². The molecule has 3 rings (SSSR count). The number of amides is 1. The molecule has 1 unspecified atom stereocenters. The number of aromatic nitrogens is 1. The van der Waals surface area contributed by atoms with Gasteiger partial charge in [0.05, 0.1) is 19.0 Å². The number of hydrogen-bond donors (Lipinski definition) is 2. The predicted octanol–water partition coefficient (Wildman–Crippen LogP) is 3.68. The zero-order chi connectivity index (χ0) is 22.9. The molecule has 162 valence electrons. The summed E-state index contributed by atoms with van der Waals surface area (Å²) in [7, 11) is 1.32. The summed E-state index contributed by atoms with van der Waals surface area (Å²) in [4.78, 5) is 36.7. The highest BCUT2D eigenvalue weighted by molar-refractivity contribution is 9.10. The number of fused-ring (bicyclic) bond motifs is 1. The molecule has 0 aliphatic rings. The van der Waals surface area contributed by atoms with Crippen molar-refractivity contribution in [1.29, 1.82) is 0 Å². The highest BCUT2D eigenvalue weighted by Gasteiger charge is 2.24. The van der Waals surface area contributed by atoms with Crippen molar-refractivity contribution in [3.05, 3.63) is 63.5 Å². The van der Waals surface area contributed by atoms with Crippen molar-refractivity contribution in [2.75, 3.05) is 7.11 Å². The number of nitrogens with zero attached hydrogens (tertiary/aromatic N) is 1. The lowest BCUT2D eigenvalue weighted by atomic mass is 10.1. The first-order valence-electron chi connectivity index (χ1n) is 9.34. The lowest BCUT2D eigenvalue weighted by Gasteiger charge is -2.10. The maximum absolute atomic E-state index is 14.5. The van der Waals surface area contributed by atoms with Crippen LogP contribution in [0, 0.1) is 12.7 Å². The van der Waals surface area contributed by atoms with E-state index in [1.807, 2.05) is 0 Å². The van der Waals surface area contributed by atoms with E-state index in [0.29, 0.717) is 22.2 Å². The molecule has 1 atom stereocenters. The van der Waals surface area contributed by atoms with Gasteiger partial charge in [0.2, 0.25) is 5.91 Å². The molecule has 1 aromatic heterocycles. The summed E-state index contributed by atoms with van der Waals surface area (Å²) in [6, 6.07) is 8.28. The molecule has 2 N–H and O–H groups in total. The lowest BCUT2D eigenvalue weighted by Crippen LogP contribution is -2.39. The summed E-state index contributed by atoms with van der Waals surface area (Å²) in [5.74, 6) is -2.75. The van der Waals surface area contributed by atoms with Crippen LogP contribution in [0.2, 0.25) is 0 Å². The second-order valence-electron chi connectivity index (χ2n) is 7.02. The Morgan fingerprint density at radius 2 is 1.87 bits per heavy atom. The van der Waals surface area contributed by atoms with Crippen molar-refractivity contribution in [1.82, 2.24) is 9.88 Å². The maximum Gasteiger partial charge on any atom is 0.325 e. The van der Waals surface area contributed by atoms with Crippen LogP contribution in [-0.2, 0) is 16.0 Å². The van der Waals surface area contributed by atoms with Gasteiger partial charge < -0.3 is 15.2 Å². The molecule has 0 aliphatic carbocycles. The van der Waals surface area contributed by atoms with Crippen molar-refractivity contribution in [3.63, 3.8) is 0 Å². The Hall–Kier alpha value is -3.20. The Kier molecular flexibility index (Phi) is 6.45. The number of carboxylic acid groups (broad SMARTS) is 1. The zero-order valence-corrected chi connectivity index (χ0v) is 18.6. The molecule has 31 heavy (non-hydrogen) atoms. The van der Waals surface area contributed by atoms with Crippen LogP contribution < -0.4 is 10.1 Å². The van der Waals surface area contributed by atoms with Crippen LogP contribution in [0.5, 0.6) is 5.75 Å². The molecule has 0 saturated heterocycles. The number of rotatable bonds is 6. The van der Waals surface area contributed by atoms with Gasteiger partial charge in [-0.3, -0.25) is 19.0 Å². The summed E-state index contributed by atoms with van der Waals surface area (Å²) in [6.45, 7) is 3.01.